The number of carbonyl (C=O) groups excluding carboxylic acids is 1. The Balaban J connectivity index is 2.32. The Kier molecular flexibility index (Phi) is 3.18. The van der Waals surface area contributed by atoms with Crippen LogP contribution in [-0.4, -0.2) is 20.9 Å². The number of aromatic nitrogens is 3. The Hall–Kier alpha value is -2.17. The van der Waals surface area contributed by atoms with Gasteiger partial charge in [-0.2, -0.15) is 0 Å². The lowest BCUT2D eigenvalue weighted by molar-refractivity contribution is -0.118. The van der Waals surface area contributed by atoms with Crippen molar-refractivity contribution in [3.63, 3.8) is 0 Å². The first kappa shape index (κ1) is 11.3. The number of para-hydroxylation sites is 2. The van der Waals surface area contributed by atoms with E-state index in [2.05, 4.69) is 15.6 Å². The molecule has 1 heterocycles. The molecule has 0 radical (unpaired) electrons. The van der Waals surface area contributed by atoms with Crippen LogP contribution in [0.4, 0.5) is 5.69 Å². The zero-order valence-electron chi connectivity index (χ0n) is 9.79. The molecule has 2 aromatic rings. The number of nitrogens with one attached hydrogen (secondary N) is 1. The van der Waals surface area contributed by atoms with Crippen molar-refractivity contribution < 1.29 is 4.79 Å². The third-order valence-corrected chi connectivity index (χ3v) is 2.36. The number of rotatable bonds is 3. The van der Waals surface area contributed by atoms with Gasteiger partial charge in [0.2, 0.25) is 5.91 Å². The normalized spacial score (nSPS) is 10.5. The molecular weight excluding hydrogens is 216 g/mol. The molecule has 0 atom stereocenters. The van der Waals surface area contributed by atoms with E-state index < -0.39 is 0 Å². The summed E-state index contributed by atoms with van der Waals surface area (Å²) in [7, 11) is 0. The summed E-state index contributed by atoms with van der Waals surface area (Å²) >= 11 is 0. The van der Waals surface area contributed by atoms with Gasteiger partial charge >= 0.3 is 0 Å². The zero-order chi connectivity index (χ0) is 12.3. The topological polar surface area (TPSA) is 59.8 Å². The Morgan fingerprint density at radius 3 is 2.76 bits per heavy atom. The molecular formula is C12H14N4O. The highest BCUT2D eigenvalue weighted by atomic mass is 16.1. The van der Waals surface area contributed by atoms with Gasteiger partial charge in [0, 0.05) is 5.92 Å². The molecule has 0 saturated carbocycles. The molecule has 0 bridgehead atoms. The van der Waals surface area contributed by atoms with Gasteiger partial charge in [-0.1, -0.05) is 31.2 Å². The van der Waals surface area contributed by atoms with Gasteiger partial charge in [0.25, 0.3) is 0 Å². The summed E-state index contributed by atoms with van der Waals surface area (Å²) in [5.41, 5.74) is 1.54. The average molecular weight is 230 g/mol. The molecule has 1 N–H and O–H groups in total. The molecule has 17 heavy (non-hydrogen) atoms. The van der Waals surface area contributed by atoms with Crippen molar-refractivity contribution >= 4 is 11.6 Å². The smallest absolute Gasteiger partial charge is 0.226 e. The van der Waals surface area contributed by atoms with E-state index in [-0.39, 0.29) is 11.8 Å². The van der Waals surface area contributed by atoms with Crippen molar-refractivity contribution in [1.82, 2.24) is 15.0 Å². The van der Waals surface area contributed by atoms with Crippen LogP contribution in [0.3, 0.4) is 0 Å². The molecule has 1 amide bonds. The highest BCUT2D eigenvalue weighted by Crippen LogP contribution is 2.19. The lowest BCUT2D eigenvalue weighted by Gasteiger charge is -2.11. The van der Waals surface area contributed by atoms with Gasteiger partial charge in [0.1, 0.15) is 0 Å². The molecule has 0 aliphatic heterocycles. The molecule has 5 heteroatoms. The predicted molar refractivity (Wildman–Crippen MR) is 64.8 cm³/mol. The highest BCUT2D eigenvalue weighted by molar-refractivity contribution is 5.93. The predicted octanol–water partition coefficient (Wildman–Crippen LogP) is 1.86. The molecule has 2 rings (SSSR count). The van der Waals surface area contributed by atoms with Gasteiger partial charge in [0.05, 0.1) is 23.8 Å². The van der Waals surface area contributed by atoms with E-state index in [1.165, 1.54) is 0 Å². The fourth-order valence-corrected chi connectivity index (χ4v) is 1.39. The van der Waals surface area contributed by atoms with E-state index >= 15 is 0 Å². The molecule has 0 aliphatic rings. The van der Waals surface area contributed by atoms with Crippen molar-refractivity contribution in [1.29, 1.82) is 0 Å². The zero-order valence-corrected chi connectivity index (χ0v) is 9.79. The Morgan fingerprint density at radius 1 is 1.35 bits per heavy atom. The van der Waals surface area contributed by atoms with Crippen molar-refractivity contribution in [2.75, 3.05) is 5.32 Å². The largest absolute Gasteiger partial charge is 0.324 e. The molecule has 0 spiro atoms. The molecule has 88 valence electrons. The first-order chi connectivity index (χ1) is 8.18. The van der Waals surface area contributed by atoms with Crippen LogP contribution in [0.2, 0.25) is 0 Å². The summed E-state index contributed by atoms with van der Waals surface area (Å²) in [5, 5.41) is 10.5. The number of benzene rings is 1. The first-order valence-corrected chi connectivity index (χ1v) is 5.45. The van der Waals surface area contributed by atoms with Crippen LogP contribution in [0.5, 0.6) is 0 Å². The highest BCUT2D eigenvalue weighted by Gasteiger charge is 2.10. The minimum absolute atomic E-state index is 0.0161. The van der Waals surface area contributed by atoms with Crippen LogP contribution in [0.15, 0.2) is 36.7 Å². The molecule has 1 aromatic heterocycles. The fourth-order valence-electron chi connectivity index (χ4n) is 1.39. The summed E-state index contributed by atoms with van der Waals surface area (Å²) in [6.07, 6.45) is 3.33. The van der Waals surface area contributed by atoms with Crippen molar-refractivity contribution in [2.45, 2.75) is 13.8 Å². The minimum atomic E-state index is -0.0567. The van der Waals surface area contributed by atoms with Crippen LogP contribution < -0.4 is 5.32 Å². The standard InChI is InChI=1S/C12H14N4O/c1-9(2)12(17)14-10-5-3-4-6-11(10)16-8-7-13-15-16/h3-9H,1-2H3,(H,14,17). The molecule has 0 fully saturated rings. The molecule has 0 unspecified atom stereocenters. The van der Waals surface area contributed by atoms with Gasteiger partial charge in [-0.15, -0.1) is 5.10 Å². The second kappa shape index (κ2) is 4.78. The average Bonchev–Trinajstić information content (AvgIpc) is 2.83. The van der Waals surface area contributed by atoms with Crippen LogP contribution in [0.25, 0.3) is 5.69 Å². The van der Waals surface area contributed by atoms with E-state index in [1.54, 1.807) is 17.1 Å². The van der Waals surface area contributed by atoms with Crippen LogP contribution in [0, 0.1) is 5.92 Å². The van der Waals surface area contributed by atoms with E-state index in [4.69, 9.17) is 0 Å². The van der Waals surface area contributed by atoms with E-state index in [0.29, 0.717) is 0 Å². The second-order valence-corrected chi connectivity index (χ2v) is 4.01. The Morgan fingerprint density at radius 2 is 2.12 bits per heavy atom. The summed E-state index contributed by atoms with van der Waals surface area (Å²) < 4.78 is 1.62. The third kappa shape index (κ3) is 2.50. The maximum absolute atomic E-state index is 11.7. The number of nitrogens with zero attached hydrogens (tertiary/aromatic N) is 3. The van der Waals surface area contributed by atoms with Gasteiger partial charge in [0.15, 0.2) is 0 Å². The SMILES string of the molecule is CC(C)C(=O)Nc1ccccc1-n1ccnn1. The maximum Gasteiger partial charge on any atom is 0.226 e. The van der Waals surface area contributed by atoms with Gasteiger partial charge in [-0.25, -0.2) is 4.68 Å². The van der Waals surface area contributed by atoms with E-state index in [0.717, 1.165) is 11.4 Å². The van der Waals surface area contributed by atoms with Crippen LogP contribution >= 0.6 is 0 Å². The summed E-state index contributed by atoms with van der Waals surface area (Å²) in [6, 6.07) is 7.49. The van der Waals surface area contributed by atoms with Crippen LogP contribution in [-0.2, 0) is 4.79 Å². The van der Waals surface area contributed by atoms with Crippen molar-refractivity contribution in [3.05, 3.63) is 36.7 Å². The molecule has 5 nitrogen and oxygen atoms in total. The maximum atomic E-state index is 11.7. The summed E-state index contributed by atoms with van der Waals surface area (Å²) in [5.74, 6) is -0.0728. The second-order valence-electron chi connectivity index (χ2n) is 4.01. The minimum Gasteiger partial charge on any atom is -0.324 e. The van der Waals surface area contributed by atoms with Gasteiger partial charge < -0.3 is 5.32 Å². The third-order valence-electron chi connectivity index (χ3n) is 2.36. The Labute approximate surface area is 99.5 Å². The summed E-state index contributed by atoms with van der Waals surface area (Å²) in [4.78, 5) is 11.7. The lowest BCUT2D eigenvalue weighted by Crippen LogP contribution is -2.19. The summed E-state index contributed by atoms with van der Waals surface area (Å²) in [6.45, 7) is 3.71. The number of carbonyl (C=O) groups is 1. The number of anilines is 1. The molecule has 0 aliphatic carbocycles. The van der Waals surface area contributed by atoms with Crippen molar-refractivity contribution in [2.24, 2.45) is 5.92 Å². The van der Waals surface area contributed by atoms with Gasteiger partial charge in [-0.05, 0) is 12.1 Å². The fraction of sp³-hybridized carbons (Fsp3) is 0.250. The quantitative estimate of drug-likeness (QED) is 0.875. The Bertz CT molecular complexity index is 505. The van der Waals surface area contributed by atoms with Crippen molar-refractivity contribution in [3.8, 4) is 5.69 Å². The van der Waals surface area contributed by atoms with E-state index in [9.17, 15) is 4.79 Å². The number of hydrogen-bond donors (Lipinski definition) is 1. The van der Waals surface area contributed by atoms with Crippen LogP contribution in [0.1, 0.15) is 13.8 Å². The number of hydrogen-bond acceptors (Lipinski definition) is 3. The first-order valence-electron chi connectivity index (χ1n) is 5.45. The van der Waals surface area contributed by atoms with E-state index in [1.807, 2.05) is 38.1 Å². The molecule has 0 saturated heterocycles. The van der Waals surface area contributed by atoms with Gasteiger partial charge in [-0.3, -0.25) is 4.79 Å². The monoisotopic (exact) mass is 230 g/mol. The lowest BCUT2D eigenvalue weighted by atomic mass is 10.2. The number of amides is 1. The molecule has 1 aromatic carbocycles.